The van der Waals surface area contributed by atoms with E-state index in [1.165, 1.54) is 11.1 Å². The van der Waals surface area contributed by atoms with Crippen LogP contribution in [-0.2, 0) is 6.54 Å². The predicted octanol–water partition coefficient (Wildman–Crippen LogP) is 4.73. The quantitative estimate of drug-likeness (QED) is 0.697. The molecular formula is C23H24N2O3. The van der Waals surface area contributed by atoms with Crippen LogP contribution in [0.1, 0.15) is 46.0 Å². The normalized spacial score (nSPS) is 17.5. The van der Waals surface area contributed by atoms with E-state index in [9.17, 15) is 4.79 Å². The molecule has 2 heterocycles. The number of hydrogen-bond donors (Lipinski definition) is 1. The second-order valence-electron chi connectivity index (χ2n) is 7.55. The second-order valence-corrected chi connectivity index (χ2v) is 7.55. The summed E-state index contributed by atoms with van der Waals surface area (Å²) in [6.45, 7) is 4.78. The van der Waals surface area contributed by atoms with E-state index in [-0.39, 0.29) is 0 Å². The highest BCUT2D eigenvalue weighted by atomic mass is 16.5. The van der Waals surface area contributed by atoms with Crippen molar-refractivity contribution in [3.63, 3.8) is 0 Å². The number of likely N-dealkylation sites (tertiary alicyclic amines) is 1. The Balaban J connectivity index is 1.41. The number of nitrogens with zero attached hydrogens (tertiary/aromatic N) is 2. The summed E-state index contributed by atoms with van der Waals surface area (Å²) in [7, 11) is 0. The molecule has 1 aliphatic rings. The lowest BCUT2D eigenvalue weighted by Gasteiger charge is -2.32. The third-order valence-electron chi connectivity index (χ3n) is 5.42. The van der Waals surface area contributed by atoms with Crippen molar-refractivity contribution >= 4 is 5.97 Å². The molecule has 0 aliphatic carbocycles. The van der Waals surface area contributed by atoms with Crippen molar-refractivity contribution in [2.24, 2.45) is 0 Å². The molecule has 0 radical (unpaired) electrons. The van der Waals surface area contributed by atoms with Crippen molar-refractivity contribution in [3.05, 3.63) is 77.0 Å². The molecule has 1 fully saturated rings. The number of aryl methyl sites for hydroxylation is 1. The Hall–Kier alpha value is -2.92. The number of aromatic nitrogens is 1. The van der Waals surface area contributed by atoms with Crippen molar-refractivity contribution < 1.29 is 14.4 Å². The number of piperidine rings is 1. The Morgan fingerprint density at radius 3 is 2.64 bits per heavy atom. The van der Waals surface area contributed by atoms with Crippen molar-refractivity contribution in [1.82, 2.24) is 10.1 Å². The first-order chi connectivity index (χ1) is 13.6. The monoisotopic (exact) mass is 376 g/mol. The van der Waals surface area contributed by atoms with Gasteiger partial charge in [-0.3, -0.25) is 4.90 Å². The van der Waals surface area contributed by atoms with Gasteiger partial charge in [0.05, 0.1) is 12.1 Å². The fourth-order valence-electron chi connectivity index (χ4n) is 3.84. The maximum atomic E-state index is 11.0. The van der Waals surface area contributed by atoms with Crippen LogP contribution in [0.2, 0.25) is 0 Å². The standard InChI is InChI=1S/C23H24N2O3/c1-16-4-6-18(7-5-16)22-13-21(28-24-22)15-25-12-2-3-20(14-25)17-8-10-19(11-9-17)23(26)27/h4-11,13,20H,2-3,12,14-15H2,1H3,(H,26,27). The zero-order valence-electron chi connectivity index (χ0n) is 16.0. The fourth-order valence-corrected chi connectivity index (χ4v) is 3.84. The van der Waals surface area contributed by atoms with Crippen LogP contribution < -0.4 is 0 Å². The number of carboxylic acid groups (broad SMARTS) is 1. The highest BCUT2D eigenvalue weighted by Gasteiger charge is 2.23. The largest absolute Gasteiger partial charge is 0.478 e. The molecule has 3 aromatic rings. The van der Waals surface area contributed by atoms with Gasteiger partial charge >= 0.3 is 5.97 Å². The molecule has 0 amide bonds. The lowest BCUT2D eigenvalue weighted by atomic mass is 9.90. The second kappa shape index (κ2) is 7.98. The average molecular weight is 376 g/mol. The Labute approximate surface area is 164 Å². The third kappa shape index (κ3) is 4.15. The van der Waals surface area contributed by atoms with Crippen LogP contribution in [0.5, 0.6) is 0 Å². The number of carbonyl (C=O) groups is 1. The molecule has 0 spiro atoms. The van der Waals surface area contributed by atoms with Gasteiger partial charge in [0, 0.05) is 18.2 Å². The van der Waals surface area contributed by atoms with Crippen molar-refractivity contribution in [2.75, 3.05) is 13.1 Å². The molecule has 1 atom stereocenters. The molecule has 0 saturated carbocycles. The summed E-state index contributed by atoms with van der Waals surface area (Å²) < 4.78 is 5.58. The molecular weight excluding hydrogens is 352 g/mol. The van der Waals surface area contributed by atoms with Crippen LogP contribution in [0.3, 0.4) is 0 Å². The molecule has 1 aliphatic heterocycles. The van der Waals surface area contributed by atoms with Gasteiger partial charge < -0.3 is 9.63 Å². The van der Waals surface area contributed by atoms with Crippen LogP contribution in [0.15, 0.2) is 59.1 Å². The molecule has 28 heavy (non-hydrogen) atoms. The minimum absolute atomic E-state index is 0.335. The zero-order chi connectivity index (χ0) is 19.5. The van der Waals surface area contributed by atoms with Crippen molar-refractivity contribution in [3.8, 4) is 11.3 Å². The highest BCUT2D eigenvalue weighted by Crippen LogP contribution is 2.28. The van der Waals surface area contributed by atoms with E-state index in [1.54, 1.807) is 12.1 Å². The van der Waals surface area contributed by atoms with E-state index in [2.05, 4.69) is 41.2 Å². The number of aromatic carboxylic acids is 1. The van der Waals surface area contributed by atoms with Gasteiger partial charge in [-0.05, 0) is 49.9 Å². The molecule has 144 valence electrons. The summed E-state index contributed by atoms with van der Waals surface area (Å²) in [4.78, 5) is 13.4. The van der Waals surface area contributed by atoms with E-state index >= 15 is 0 Å². The molecule has 2 aromatic carbocycles. The molecule has 1 unspecified atom stereocenters. The Morgan fingerprint density at radius 2 is 1.93 bits per heavy atom. The van der Waals surface area contributed by atoms with Gasteiger partial charge in [-0.2, -0.15) is 0 Å². The fraction of sp³-hybridized carbons (Fsp3) is 0.304. The summed E-state index contributed by atoms with van der Waals surface area (Å²) in [5.41, 5.74) is 4.70. The highest BCUT2D eigenvalue weighted by molar-refractivity contribution is 5.87. The first-order valence-corrected chi connectivity index (χ1v) is 9.67. The van der Waals surface area contributed by atoms with E-state index in [4.69, 9.17) is 9.63 Å². The minimum Gasteiger partial charge on any atom is -0.478 e. The molecule has 1 saturated heterocycles. The van der Waals surface area contributed by atoms with Gasteiger partial charge in [-0.25, -0.2) is 4.79 Å². The van der Waals surface area contributed by atoms with Gasteiger partial charge in [-0.15, -0.1) is 0 Å². The average Bonchev–Trinajstić information content (AvgIpc) is 3.17. The zero-order valence-corrected chi connectivity index (χ0v) is 16.0. The summed E-state index contributed by atoms with van der Waals surface area (Å²) in [6.07, 6.45) is 2.23. The maximum Gasteiger partial charge on any atom is 0.335 e. The number of hydrogen-bond acceptors (Lipinski definition) is 4. The van der Waals surface area contributed by atoms with Crippen LogP contribution in [0.25, 0.3) is 11.3 Å². The number of benzene rings is 2. The van der Waals surface area contributed by atoms with E-state index in [1.807, 2.05) is 18.2 Å². The third-order valence-corrected chi connectivity index (χ3v) is 5.42. The maximum absolute atomic E-state index is 11.0. The van der Waals surface area contributed by atoms with Gasteiger partial charge in [0.2, 0.25) is 0 Å². The van der Waals surface area contributed by atoms with Crippen molar-refractivity contribution in [1.29, 1.82) is 0 Å². The van der Waals surface area contributed by atoms with Gasteiger partial charge in [0.25, 0.3) is 0 Å². The molecule has 1 aromatic heterocycles. The van der Waals surface area contributed by atoms with Crippen LogP contribution in [0.4, 0.5) is 0 Å². The topological polar surface area (TPSA) is 66.6 Å². The lowest BCUT2D eigenvalue weighted by molar-refractivity contribution is 0.0697. The van der Waals surface area contributed by atoms with Gasteiger partial charge in [0.1, 0.15) is 5.69 Å². The van der Waals surface area contributed by atoms with Gasteiger partial charge in [0.15, 0.2) is 5.76 Å². The predicted molar refractivity (Wildman–Crippen MR) is 107 cm³/mol. The molecule has 0 bridgehead atoms. The smallest absolute Gasteiger partial charge is 0.335 e. The molecule has 4 rings (SSSR count). The molecule has 1 N–H and O–H groups in total. The molecule has 5 nitrogen and oxygen atoms in total. The molecule has 5 heteroatoms. The summed E-state index contributed by atoms with van der Waals surface area (Å²) in [5, 5.41) is 13.3. The summed E-state index contributed by atoms with van der Waals surface area (Å²) >= 11 is 0. The SMILES string of the molecule is Cc1ccc(-c2cc(CN3CCCC(c4ccc(C(=O)O)cc4)C3)on2)cc1. The minimum atomic E-state index is -0.883. The summed E-state index contributed by atoms with van der Waals surface area (Å²) in [6, 6.07) is 17.6. The van der Waals surface area contributed by atoms with Crippen LogP contribution >= 0.6 is 0 Å². The summed E-state index contributed by atoms with van der Waals surface area (Å²) in [5.74, 6) is 0.403. The van der Waals surface area contributed by atoms with E-state index in [0.29, 0.717) is 11.5 Å². The Bertz CT molecular complexity index is 945. The van der Waals surface area contributed by atoms with E-state index < -0.39 is 5.97 Å². The lowest BCUT2D eigenvalue weighted by Crippen LogP contribution is -2.33. The van der Waals surface area contributed by atoms with E-state index in [0.717, 1.165) is 49.5 Å². The number of rotatable bonds is 5. The van der Waals surface area contributed by atoms with Crippen LogP contribution in [0, 0.1) is 6.92 Å². The Morgan fingerprint density at radius 1 is 1.18 bits per heavy atom. The number of carboxylic acids is 1. The first kappa shape index (κ1) is 18.4. The van der Waals surface area contributed by atoms with Crippen LogP contribution in [-0.4, -0.2) is 34.2 Å². The van der Waals surface area contributed by atoms with Gasteiger partial charge in [-0.1, -0.05) is 47.1 Å². The Kier molecular flexibility index (Phi) is 5.26. The van der Waals surface area contributed by atoms with Crippen molar-refractivity contribution in [2.45, 2.75) is 32.2 Å². The first-order valence-electron chi connectivity index (χ1n) is 9.67.